The van der Waals surface area contributed by atoms with Crippen LogP contribution in [0.15, 0.2) is 53.5 Å². The van der Waals surface area contributed by atoms with E-state index in [4.69, 9.17) is 0 Å². The molecule has 0 bridgehead atoms. The average Bonchev–Trinajstić information content (AvgIpc) is 2.67. The monoisotopic (exact) mass is 354 g/mol. The number of halogens is 1. The molecule has 2 aromatic rings. The lowest BCUT2D eigenvalue weighted by Crippen LogP contribution is -2.43. The van der Waals surface area contributed by atoms with E-state index in [1.165, 1.54) is 17.2 Å². The smallest absolute Gasteiger partial charge is 0.191 e. The van der Waals surface area contributed by atoms with Gasteiger partial charge in [-0.3, -0.25) is 9.89 Å². The Morgan fingerprint density at radius 3 is 2.69 bits per heavy atom. The Balaban J connectivity index is 1.37. The van der Waals surface area contributed by atoms with Crippen molar-refractivity contribution in [2.75, 3.05) is 33.2 Å². The van der Waals surface area contributed by atoms with E-state index >= 15 is 0 Å². The van der Waals surface area contributed by atoms with Gasteiger partial charge in [-0.2, -0.15) is 0 Å². The van der Waals surface area contributed by atoms with Crippen LogP contribution in [0.3, 0.4) is 0 Å². The Morgan fingerprint density at radius 1 is 1.08 bits per heavy atom. The van der Waals surface area contributed by atoms with E-state index in [0.29, 0.717) is 0 Å². The maximum atomic E-state index is 13.2. The zero-order valence-electron chi connectivity index (χ0n) is 15.3. The molecule has 0 spiro atoms. The summed E-state index contributed by atoms with van der Waals surface area (Å²) in [6.07, 6.45) is 1.89. The highest BCUT2D eigenvalue weighted by Gasteiger charge is 2.14. The highest BCUT2D eigenvalue weighted by molar-refractivity contribution is 5.79. The first-order valence-corrected chi connectivity index (χ1v) is 9.22. The van der Waals surface area contributed by atoms with Crippen molar-refractivity contribution in [3.05, 3.63) is 71.0 Å². The zero-order chi connectivity index (χ0) is 18.2. The molecular formula is C21H27FN4. The van der Waals surface area contributed by atoms with Gasteiger partial charge in [0.15, 0.2) is 5.96 Å². The van der Waals surface area contributed by atoms with Crippen LogP contribution in [-0.2, 0) is 19.4 Å². The van der Waals surface area contributed by atoms with Gasteiger partial charge in [-0.05, 0) is 41.7 Å². The molecule has 26 heavy (non-hydrogen) atoms. The first-order valence-electron chi connectivity index (χ1n) is 9.22. The van der Waals surface area contributed by atoms with Gasteiger partial charge in [-0.15, -0.1) is 0 Å². The van der Waals surface area contributed by atoms with E-state index in [1.54, 1.807) is 19.2 Å². The maximum Gasteiger partial charge on any atom is 0.191 e. The molecule has 0 radical (unpaired) electrons. The number of hydrogen-bond donors (Lipinski definition) is 2. The summed E-state index contributed by atoms with van der Waals surface area (Å²) in [4.78, 5) is 6.72. The summed E-state index contributed by atoms with van der Waals surface area (Å²) < 4.78 is 13.2. The van der Waals surface area contributed by atoms with E-state index in [9.17, 15) is 4.39 Å². The molecule has 1 heterocycles. The van der Waals surface area contributed by atoms with Crippen molar-refractivity contribution >= 4 is 5.96 Å². The van der Waals surface area contributed by atoms with Crippen LogP contribution in [0, 0.1) is 5.82 Å². The lowest BCUT2D eigenvalue weighted by atomic mass is 10.00. The number of guanidine groups is 1. The maximum absolute atomic E-state index is 13.2. The van der Waals surface area contributed by atoms with Crippen LogP contribution >= 0.6 is 0 Å². The van der Waals surface area contributed by atoms with E-state index in [0.717, 1.165) is 57.1 Å². The summed E-state index contributed by atoms with van der Waals surface area (Å²) >= 11 is 0. The van der Waals surface area contributed by atoms with E-state index < -0.39 is 0 Å². The van der Waals surface area contributed by atoms with E-state index in [2.05, 4.69) is 44.8 Å². The van der Waals surface area contributed by atoms with Crippen LogP contribution in [-0.4, -0.2) is 44.1 Å². The van der Waals surface area contributed by atoms with Crippen LogP contribution in [0.4, 0.5) is 4.39 Å². The molecule has 0 fully saturated rings. The summed E-state index contributed by atoms with van der Waals surface area (Å²) in [5.74, 6) is 0.604. The molecule has 2 N–H and O–H groups in total. The summed E-state index contributed by atoms with van der Waals surface area (Å²) in [6.45, 7) is 4.68. The SMILES string of the molecule is CN=C(NCCc1cccc(F)c1)NCCN1CCc2ccccc2C1. The standard InChI is InChI=1S/C21H27FN4/c1-23-21(24-11-9-17-5-4-8-20(22)15-17)25-12-14-26-13-10-18-6-2-3-7-19(18)16-26/h2-8,15H,9-14,16H2,1H3,(H2,23,24,25). The van der Waals surface area contributed by atoms with Crippen LogP contribution in [0.25, 0.3) is 0 Å². The Hall–Kier alpha value is -2.40. The van der Waals surface area contributed by atoms with Crippen molar-refractivity contribution in [2.45, 2.75) is 19.4 Å². The summed E-state index contributed by atoms with van der Waals surface area (Å²) in [6, 6.07) is 15.4. The number of nitrogens with zero attached hydrogens (tertiary/aromatic N) is 2. The minimum atomic E-state index is -0.187. The molecule has 1 aliphatic rings. The molecule has 138 valence electrons. The number of fused-ring (bicyclic) bond motifs is 1. The van der Waals surface area contributed by atoms with Gasteiger partial charge >= 0.3 is 0 Å². The van der Waals surface area contributed by atoms with E-state index in [-0.39, 0.29) is 5.82 Å². The van der Waals surface area contributed by atoms with Crippen molar-refractivity contribution in [3.63, 3.8) is 0 Å². The molecule has 2 aromatic carbocycles. The second kappa shape index (κ2) is 9.34. The van der Waals surface area contributed by atoms with Crippen molar-refractivity contribution in [1.82, 2.24) is 15.5 Å². The highest BCUT2D eigenvalue weighted by Crippen LogP contribution is 2.17. The fourth-order valence-electron chi connectivity index (χ4n) is 3.32. The molecule has 0 amide bonds. The van der Waals surface area contributed by atoms with Gasteiger partial charge < -0.3 is 10.6 Å². The van der Waals surface area contributed by atoms with Crippen molar-refractivity contribution in [1.29, 1.82) is 0 Å². The average molecular weight is 354 g/mol. The second-order valence-electron chi connectivity index (χ2n) is 6.60. The second-order valence-corrected chi connectivity index (χ2v) is 6.60. The number of benzene rings is 2. The minimum absolute atomic E-state index is 0.187. The number of hydrogen-bond acceptors (Lipinski definition) is 2. The molecular weight excluding hydrogens is 327 g/mol. The Bertz CT molecular complexity index is 744. The Kier molecular flexibility index (Phi) is 6.61. The molecule has 0 atom stereocenters. The van der Waals surface area contributed by atoms with Gasteiger partial charge in [0.25, 0.3) is 0 Å². The number of nitrogens with one attached hydrogen (secondary N) is 2. The summed E-state index contributed by atoms with van der Waals surface area (Å²) in [5, 5.41) is 6.65. The van der Waals surface area contributed by atoms with Gasteiger partial charge in [0.1, 0.15) is 5.82 Å². The third kappa shape index (κ3) is 5.30. The van der Waals surface area contributed by atoms with Crippen molar-refractivity contribution < 1.29 is 4.39 Å². The minimum Gasteiger partial charge on any atom is -0.356 e. The predicted octanol–water partition coefficient (Wildman–Crippen LogP) is 2.59. The van der Waals surface area contributed by atoms with Gasteiger partial charge in [0.2, 0.25) is 0 Å². The van der Waals surface area contributed by atoms with Crippen LogP contribution in [0.2, 0.25) is 0 Å². The lowest BCUT2D eigenvalue weighted by molar-refractivity contribution is 0.258. The van der Waals surface area contributed by atoms with Gasteiger partial charge in [0.05, 0.1) is 0 Å². The first kappa shape index (κ1) is 18.4. The van der Waals surface area contributed by atoms with Crippen LogP contribution < -0.4 is 10.6 Å². The number of rotatable bonds is 6. The van der Waals surface area contributed by atoms with Gasteiger partial charge in [0, 0.05) is 39.8 Å². The predicted molar refractivity (Wildman–Crippen MR) is 105 cm³/mol. The fourth-order valence-corrected chi connectivity index (χ4v) is 3.32. The van der Waals surface area contributed by atoms with Crippen molar-refractivity contribution in [3.8, 4) is 0 Å². The number of aliphatic imine (C=N–C) groups is 1. The summed E-state index contributed by atoms with van der Waals surface area (Å²) in [5.41, 5.74) is 3.91. The summed E-state index contributed by atoms with van der Waals surface area (Å²) in [7, 11) is 1.77. The molecule has 0 saturated heterocycles. The molecule has 5 heteroatoms. The molecule has 3 rings (SSSR count). The quantitative estimate of drug-likeness (QED) is 0.619. The largest absolute Gasteiger partial charge is 0.356 e. The molecule has 4 nitrogen and oxygen atoms in total. The molecule has 1 aliphatic heterocycles. The fraction of sp³-hybridized carbons (Fsp3) is 0.381. The first-order chi connectivity index (χ1) is 12.7. The third-order valence-electron chi connectivity index (χ3n) is 4.75. The Morgan fingerprint density at radius 2 is 1.88 bits per heavy atom. The molecule has 0 saturated carbocycles. The third-order valence-corrected chi connectivity index (χ3v) is 4.75. The van der Waals surface area contributed by atoms with Crippen molar-refractivity contribution in [2.24, 2.45) is 4.99 Å². The van der Waals surface area contributed by atoms with Crippen LogP contribution in [0.5, 0.6) is 0 Å². The molecule has 0 unspecified atom stereocenters. The Labute approximate surface area is 155 Å². The van der Waals surface area contributed by atoms with Gasteiger partial charge in [-0.25, -0.2) is 4.39 Å². The lowest BCUT2D eigenvalue weighted by Gasteiger charge is -2.28. The normalized spacial score (nSPS) is 14.8. The topological polar surface area (TPSA) is 39.7 Å². The van der Waals surface area contributed by atoms with Gasteiger partial charge in [-0.1, -0.05) is 36.4 Å². The van der Waals surface area contributed by atoms with Crippen LogP contribution in [0.1, 0.15) is 16.7 Å². The molecule has 0 aromatic heterocycles. The highest BCUT2D eigenvalue weighted by atomic mass is 19.1. The zero-order valence-corrected chi connectivity index (χ0v) is 15.3. The molecule has 0 aliphatic carbocycles. The van der Waals surface area contributed by atoms with E-state index in [1.807, 2.05) is 6.07 Å².